The van der Waals surface area contributed by atoms with Gasteiger partial charge in [0, 0.05) is 52.2 Å². The van der Waals surface area contributed by atoms with Crippen molar-refractivity contribution in [3.05, 3.63) is 57.8 Å². The molecule has 1 saturated heterocycles. The summed E-state index contributed by atoms with van der Waals surface area (Å²) in [5.41, 5.74) is 2.66. The zero-order valence-electron chi connectivity index (χ0n) is 17.2. The van der Waals surface area contributed by atoms with Crippen LogP contribution in [0.2, 0.25) is 0 Å². The summed E-state index contributed by atoms with van der Waals surface area (Å²) in [4.78, 5) is 32.3. The molecule has 0 aliphatic carbocycles. The van der Waals surface area contributed by atoms with Crippen LogP contribution < -0.4 is 0 Å². The number of nitrogens with zero attached hydrogens (tertiary/aromatic N) is 3. The highest BCUT2D eigenvalue weighted by molar-refractivity contribution is 7.12. The Bertz CT molecular complexity index is 857. The van der Waals surface area contributed by atoms with Gasteiger partial charge in [0.25, 0.3) is 5.91 Å². The maximum Gasteiger partial charge on any atom is 0.263 e. The van der Waals surface area contributed by atoms with Crippen molar-refractivity contribution in [2.24, 2.45) is 0 Å². The molecule has 0 bridgehead atoms. The number of amides is 2. The Morgan fingerprint density at radius 1 is 1.07 bits per heavy atom. The quantitative estimate of drug-likeness (QED) is 0.774. The molecule has 0 spiro atoms. The zero-order chi connectivity index (χ0) is 20.4. The minimum absolute atomic E-state index is 0.124. The molecule has 2 aromatic rings. The van der Waals surface area contributed by atoms with Gasteiger partial charge in [0.05, 0.1) is 4.88 Å². The summed E-state index contributed by atoms with van der Waals surface area (Å²) in [5.74, 6) is 0.323. The lowest BCUT2D eigenvalue weighted by atomic mass is 9.87. The zero-order valence-corrected chi connectivity index (χ0v) is 18.0. The standard InChI is InChI=1S/C23H29N3O2S/c1-24(2)22(27)16-20-19-7-4-3-6-17(19)9-14-26(20)18-10-12-25(13-11-18)23(28)21-8-5-15-29-21/h3-8,15,18,20H,9-14,16H2,1-2H3. The molecular weight excluding hydrogens is 382 g/mol. The third kappa shape index (κ3) is 4.23. The lowest BCUT2D eigenvalue weighted by molar-refractivity contribution is -0.130. The number of piperidine rings is 1. The van der Waals surface area contributed by atoms with E-state index in [4.69, 9.17) is 0 Å². The first-order valence-corrected chi connectivity index (χ1v) is 11.3. The Morgan fingerprint density at radius 3 is 2.52 bits per heavy atom. The molecule has 0 N–H and O–H groups in total. The fourth-order valence-electron chi connectivity index (χ4n) is 4.64. The largest absolute Gasteiger partial charge is 0.349 e. The second kappa shape index (κ2) is 8.67. The van der Waals surface area contributed by atoms with Gasteiger partial charge in [0.15, 0.2) is 0 Å². The average molecular weight is 412 g/mol. The molecule has 4 rings (SSSR count). The maximum atomic E-state index is 12.7. The number of fused-ring (bicyclic) bond motifs is 1. The first-order chi connectivity index (χ1) is 14.0. The lowest BCUT2D eigenvalue weighted by Gasteiger charge is -2.45. The van der Waals surface area contributed by atoms with Crippen LogP contribution in [0.4, 0.5) is 0 Å². The molecule has 1 atom stereocenters. The Morgan fingerprint density at radius 2 is 1.83 bits per heavy atom. The highest BCUT2D eigenvalue weighted by Crippen LogP contribution is 2.36. The number of rotatable bonds is 4. The molecule has 154 valence electrons. The van der Waals surface area contributed by atoms with Crippen LogP contribution >= 0.6 is 11.3 Å². The van der Waals surface area contributed by atoms with Gasteiger partial charge < -0.3 is 9.80 Å². The molecule has 29 heavy (non-hydrogen) atoms. The van der Waals surface area contributed by atoms with Crippen molar-refractivity contribution in [1.82, 2.24) is 14.7 Å². The third-order valence-electron chi connectivity index (χ3n) is 6.27. The first-order valence-electron chi connectivity index (χ1n) is 10.4. The molecule has 2 aliphatic heterocycles. The van der Waals surface area contributed by atoms with E-state index in [9.17, 15) is 9.59 Å². The molecular formula is C23H29N3O2S. The molecule has 3 heterocycles. The summed E-state index contributed by atoms with van der Waals surface area (Å²) in [7, 11) is 3.66. The molecule has 1 fully saturated rings. The van der Waals surface area contributed by atoms with Crippen LogP contribution in [-0.2, 0) is 11.2 Å². The average Bonchev–Trinajstić information content (AvgIpc) is 3.28. The van der Waals surface area contributed by atoms with Crippen LogP contribution in [0.5, 0.6) is 0 Å². The number of hydrogen-bond donors (Lipinski definition) is 0. The van der Waals surface area contributed by atoms with Gasteiger partial charge in [-0.3, -0.25) is 14.5 Å². The predicted molar refractivity (Wildman–Crippen MR) is 116 cm³/mol. The maximum absolute atomic E-state index is 12.7. The minimum atomic E-state index is 0.124. The Labute approximate surface area is 176 Å². The molecule has 1 unspecified atom stereocenters. The van der Waals surface area contributed by atoms with Crippen LogP contribution in [0, 0.1) is 0 Å². The van der Waals surface area contributed by atoms with Gasteiger partial charge in [0.2, 0.25) is 5.91 Å². The van der Waals surface area contributed by atoms with E-state index in [-0.39, 0.29) is 17.9 Å². The van der Waals surface area contributed by atoms with Crippen LogP contribution in [0.1, 0.15) is 46.1 Å². The van der Waals surface area contributed by atoms with E-state index >= 15 is 0 Å². The summed E-state index contributed by atoms with van der Waals surface area (Å²) in [5, 5.41) is 1.96. The van der Waals surface area contributed by atoms with Gasteiger partial charge in [-0.15, -0.1) is 11.3 Å². The van der Waals surface area contributed by atoms with Gasteiger partial charge >= 0.3 is 0 Å². The minimum Gasteiger partial charge on any atom is -0.349 e. The van der Waals surface area contributed by atoms with Crippen molar-refractivity contribution < 1.29 is 9.59 Å². The van der Waals surface area contributed by atoms with Gasteiger partial charge in [-0.1, -0.05) is 30.3 Å². The lowest BCUT2D eigenvalue weighted by Crippen LogP contribution is -2.50. The van der Waals surface area contributed by atoms with E-state index in [0.29, 0.717) is 12.5 Å². The van der Waals surface area contributed by atoms with Crippen LogP contribution in [0.3, 0.4) is 0 Å². The number of thiophene rings is 1. The molecule has 1 aromatic heterocycles. The Balaban J connectivity index is 1.48. The van der Waals surface area contributed by atoms with E-state index in [2.05, 4.69) is 29.2 Å². The summed E-state index contributed by atoms with van der Waals surface area (Å²) >= 11 is 1.51. The van der Waals surface area contributed by atoms with Gasteiger partial charge in [-0.25, -0.2) is 0 Å². The monoisotopic (exact) mass is 411 g/mol. The summed E-state index contributed by atoms with van der Waals surface area (Å²) in [6.45, 7) is 2.55. The molecule has 2 aliphatic rings. The smallest absolute Gasteiger partial charge is 0.263 e. The second-order valence-corrected chi connectivity index (χ2v) is 9.14. The van der Waals surface area contributed by atoms with Gasteiger partial charge in [-0.2, -0.15) is 0 Å². The van der Waals surface area contributed by atoms with Gasteiger partial charge in [-0.05, 0) is 41.8 Å². The number of benzene rings is 1. The van der Waals surface area contributed by atoms with Crippen molar-refractivity contribution in [2.45, 2.75) is 37.8 Å². The van der Waals surface area contributed by atoms with Crippen molar-refractivity contribution in [3.63, 3.8) is 0 Å². The van der Waals surface area contributed by atoms with Crippen LogP contribution in [0.25, 0.3) is 0 Å². The van der Waals surface area contributed by atoms with E-state index in [0.717, 1.165) is 43.8 Å². The molecule has 0 radical (unpaired) electrons. The normalized spacial score (nSPS) is 20.3. The SMILES string of the molecule is CN(C)C(=O)CC1c2ccccc2CCN1C1CCN(C(=O)c2cccs2)CC1. The number of likely N-dealkylation sites (tertiary alicyclic amines) is 1. The molecule has 0 saturated carbocycles. The number of hydrogen-bond acceptors (Lipinski definition) is 4. The topological polar surface area (TPSA) is 43.9 Å². The fourth-order valence-corrected chi connectivity index (χ4v) is 5.33. The predicted octanol–water partition coefficient (Wildman–Crippen LogP) is 3.43. The van der Waals surface area contributed by atoms with Crippen LogP contribution in [0.15, 0.2) is 41.8 Å². The van der Waals surface area contributed by atoms with Gasteiger partial charge in [0.1, 0.15) is 0 Å². The van der Waals surface area contributed by atoms with E-state index in [1.807, 2.05) is 36.5 Å². The molecule has 6 heteroatoms. The Kier molecular flexibility index (Phi) is 6.01. The van der Waals surface area contributed by atoms with Crippen LogP contribution in [-0.4, -0.2) is 66.3 Å². The van der Waals surface area contributed by atoms with Crippen molar-refractivity contribution >= 4 is 23.2 Å². The van der Waals surface area contributed by atoms with E-state index in [1.54, 1.807) is 4.90 Å². The van der Waals surface area contributed by atoms with Crippen molar-refractivity contribution in [3.8, 4) is 0 Å². The molecule has 1 aromatic carbocycles. The van der Waals surface area contributed by atoms with E-state index < -0.39 is 0 Å². The molecule has 2 amide bonds. The first kappa shape index (κ1) is 20.1. The van der Waals surface area contributed by atoms with Crippen molar-refractivity contribution in [2.75, 3.05) is 33.7 Å². The number of carbonyl (C=O) groups is 2. The fraction of sp³-hybridized carbons (Fsp3) is 0.478. The summed E-state index contributed by atoms with van der Waals surface area (Å²) in [6, 6.07) is 12.9. The summed E-state index contributed by atoms with van der Waals surface area (Å²) in [6.07, 6.45) is 3.47. The highest BCUT2D eigenvalue weighted by atomic mass is 32.1. The third-order valence-corrected chi connectivity index (χ3v) is 7.13. The molecule has 5 nitrogen and oxygen atoms in total. The summed E-state index contributed by atoms with van der Waals surface area (Å²) < 4.78 is 0. The van der Waals surface area contributed by atoms with E-state index in [1.165, 1.54) is 22.5 Å². The second-order valence-electron chi connectivity index (χ2n) is 8.20. The Hall–Kier alpha value is -2.18. The van der Waals surface area contributed by atoms with Crippen molar-refractivity contribution in [1.29, 1.82) is 0 Å². The number of carbonyl (C=O) groups excluding carboxylic acids is 2. The highest BCUT2D eigenvalue weighted by Gasteiger charge is 2.36.